The second-order valence-electron chi connectivity index (χ2n) is 3.44. The van der Waals surface area contributed by atoms with Crippen molar-refractivity contribution < 1.29 is 4.79 Å². The van der Waals surface area contributed by atoms with Crippen LogP contribution >= 0.6 is 0 Å². The van der Waals surface area contributed by atoms with E-state index in [-0.39, 0.29) is 11.9 Å². The number of amides is 1. The van der Waals surface area contributed by atoms with Gasteiger partial charge in [0.15, 0.2) is 0 Å². The summed E-state index contributed by atoms with van der Waals surface area (Å²) in [6, 6.07) is 0.253. The van der Waals surface area contributed by atoms with Crippen LogP contribution in [0.2, 0.25) is 0 Å². The minimum absolute atomic E-state index is 0.0202. The zero-order valence-corrected chi connectivity index (χ0v) is 7.18. The van der Waals surface area contributed by atoms with Crippen LogP contribution in [-0.4, -0.2) is 17.5 Å². The average molecular weight is 156 g/mol. The van der Waals surface area contributed by atoms with E-state index in [2.05, 4.69) is 5.32 Å². The number of hydrogen-bond donors (Lipinski definition) is 2. The average Bonchev–Trinajstić information content (AvgIpc) is 2.69. The Kier molecular flexibility index (Phi) is 2.18. The minimum Gasteiger partial charge on any atom is -0.352 e. The van der Waals surface area contributed by atoms with Crippen LogP contribution in [0, 0.1) is 0 Å². The number of nitrogens with two attached hydrogens (primary N) is 1. The van der Waals surface area contributed by atoms with Crippen LogP contribution in [0.3, 0.4) is 0 Å². The van der Waals surface area contributed by atoms with Crippen LogP contribution in [0.4, 0.5) is 0 Å². The summed E-state index contributed by atoms with van der Waals surface area (Å²) in [5.74, 6) is 0.0202. The van der Waals surface area contributed by atoms with Crippen LogP contribution in [0.25, 0.3) is 0 Å². The van der Waals surface area contributed by atoms with E-state index >= 15 is 0 Å². The SMILES string of the molecule is CC[C@@H](C)NC(=O)C1(N)CC1. The molecule has 64 valence electrons. The topological polar surface area (TPSA) is 55.1 Å². The summed E-state index contributed by atoms with van der Waals surface area (Å²) in [4.78, 5) is 11.3. The zero-order chi connectivity index (χ0) is 8.48. The van der Waals surface area contributed by atoms with Crippen molar-refractivity contribution in [1.29, 1.82) is 0 Å². The van der Waals surface area contributed by atoms with E-state index in [4.69, 9.17) is 5.73 Å². The summed E-state index contributed by atoms with van der Waals surface area (Å²) in [7, 11) is 0. The smallest absolute Gasteiger partial charge is 0.240 e. The number of nitrogens with one attached hydrogen (secondary N) is 1. The molecule has 1 fully saturated rings. The van der Waals surface area contributed by atoms with Gasteiger partial charge < -0.3 is 11.1 Å². The summed E-state index contributed by atoms with van der Waals surface area (Å²) >= 11 is 0. The quantitative estimate of drug-likeness (QED) is 0.621. The summed E-state index contributed by atoms with van der Waals surface area (Å²) in [6.07, 6.45) is 2.65. The Morgan fingerprint density at radius 3 is 2.64 bits per heavy atom. The summed E-state index contributed by atoms with van der Waals surface area (Å²) in [5.41, 5.74) is 5.17. The molecule has 3 N–H and O–H groups in total. The monoisotopic (exact) mass is 156 g/mol. The molecule has 1 aliphatic rings. The van der Waals surface area contributed by atoms with E-state index in [0.29, 0.717) is 0 Å². The van der Waals surface area contributed by atoms with E-state index in [1.54, 1.807) is 0 Å². The lowest BCUT2D eigenvalue weighted by molar-refractivity contribution is -0.123. The van der Waals surface area contributed by atoms with Crippen LogP contribution in [0.5, 0.6) is 0 Å². The Morgan fingerprint density at radius 1 is 1.73 bits per heavy atom. The maximum absolute atomic E-state index is 11.3. The molecule has 3 heteroatoms. The molecule has 0 unspecified atom stereocenters. The van der Waals surface area contributed by atoms with Crippen LogP contribution in [0.15, 0.2) is 0 Å². The molecule has 0 aromatic carbocycles. The van der Waals surface area contributed by atoms with Crippen LogP contribution in [0.1, 0.15) is 33.1 Å². The standard InChI is InChI=1S/C8H16N2O/c1-3-6(2)10-7(11)8(9)4-5-8/h6H,3-5,9H2,1-2H3,(H,10,11)/t6-/m1/s1. The molecule has 0 spiro atoms. The maximum atomic E-state index is 11.3. The lowest BCUT2D eigenvalue weighted by atomic mass is 10.2. The van der Waals surface area contributed by atoms with Gasteiger partial charge in [0, 0.05) is 6.04 Å². The van der Waals surface area contributed by atoms with Gasteiger partial charge in [-0.05, 0) is 26.2 Å². The van der Waals surface area contributed by atoms with Gasteiger partial charge in [0.25, 0.3) is 0 Å². The molecule has 1 saturated carbocycles. The number of rotatable bonds is 3. The second-order valence-corrected chi connectivity index (χ2v) is 3.44. The Balaban J connectivity index is 2.32. The summed E-state index contributed by atoms with van der Waals surface area (Å²) in [6.45, 7) is 4.03. The lowest BCUT2D eigenvalue weighted by Gasteiger charge is -2.14. The minimum atomic E-state index is -0.510. The third kappa shape index (κ3) is 1.93. The molecule has 0 aromatic rings. The molecule has 0 saturated heterocycles. The van der Waals surface area contributed by atoms with Crippen LogP contribution < -0.4 is 11.1 Å². The number of carbonyl (C=O) groups is 1. The fraction of sp³-hybridized carbons (Fsp3) is 0.875. The molecule has 0 aromatic heterocycles. The molecule has 1 rings (SSSR count). The van der Waals surface area contributed by atoms with Gasteiger partial charge in [-0.2, -0.15) is 0 Å². The molecular formula is C8H16N2O. The van der Waals surface area contributed by atoms with Crippen molar-refractivity contribution in [3.63, 3.8) is 0 Å². The normalized spacial score (nSPS) is 22.5. The predicted octanol–water partition coefficient (Wildman–Crippen LogP) is 0.392. The molecule has 0 radical (unpaired) electrons. The molecule has 1 aliphatic carbocycles. The highest BCUT2D eigenvalue weighted by molar-refractivity contribution is 5.89. The molecule has 0 aliphatic heterocycles. The van der Waals surface area contributed by atoms with E-state index < -0.39 is 5.54 Å². The van der Waals surface area contributed by atoms with Gasteiger partial charge in [-0.1, -0.05) is 6.92 Å². The fourth-order valence-electron chi connectivity index (χ4n) is 0.831. The number of hydrogen-bond acceptors (Lipinski definition) is 2. The third-order valence-electron chi connectivity index (χ3n) is 2.23. The Morgan fingerprint density at radius 2 is 2.27 bits per heavy atom. The van der Waals surface area contributed by atoms with Crippen molar-refractivity contribution in [1.82, 2.24) is 5.32 Å². The predicted molar refractivity (Wildman–Crippen MR) is 44.0 cm³/mol. The first kappa shape index (κ1) is 8.53. The van der Waals surface area contributed by atoms with Gasteiger partial charge >= 0.3 is 0 Å². The Bertz CT molecular complexity index is 163. The first-order valence-corrected chi connectivity index (χ1v) is 4.18. The zero-order valence-electron chi connectivity index (χ0n) is 7.18. The van der Waals surface area contributed by atoms with Gasteiger partial charge in [0.05, 0.1) is 5.54 Å². The second kappa shape index (κ2) is 2.81. The van der Waals surface area contributed by atoms with Crippen molar-refractivity contribution in [2.45, 2.75) is 44.7 Å². The number of carbonyl (C=O) groups excluding carboxylic acids is 1. The van der Waals surface area contributed by atoms with E-state index in [1.165, 1.54) is 0 Å². The first-order chi connectivity index (χ1) is 5.08. The van der Waals surface area contributed by atoms with Gasteiger partial charge in [0.2, 0.25) is 5.91 Å². The highest BCUT2D eigenvalue weighted by Gasteiger charge is 2.45. The fourth-order valence-corrected chi connectivity index (χ4v) is 0.831. The highest BCUT2D eigenvalue weighted by Crippen LogP contribution is 2.32. The van der Waals surface area contributed by atoms with Crippen molar-refractivity contribution in [2.24, 2.45) is 5.73 Å². The lowest BCUT2D eigenvalue weighted by Crippen LogP contribution is -2.46. The van der Waals surface area contributed by atoms with Crippen molar-refractivity contribution in [2.75, 3.05) is 0 Å². The van der Waals surface area contributed by atoms with Crippen molar-refractivity contribution >= 4 is 5.91 Å². The van der Waals surface area contributed by atoms with E-state index in [9.17, 15) is 4.79 Å². The van der Waals surface area contributed by atoms with E-state index in [0.717, 1.165) is 19.3 Å². The van der Waals surface area contributed by atoms with Gasteiger partial charge in [-0.25, -0.2) is 0 Å². The first-order valence-electron chi connectivity index (χ1n) is 4.18. The van der Waals surface area contributed by atoms with Crippen molar-refractivity contribution in [3.05, 3.63) is 0 Å². The van der Waals surface area contributed by atoms with Gasteiger partial charge in [-0.15, -0.1) is 0 Å². The van der Waals surface area contributed by atoms with E-state index in [1.807, 2.05) is 13.8 Å². The molecule has 1 atom stereocenters. The molecule has 11 heavy (non-hydrogen) atoms. The molecular weight excluding hydrogens is 140 g/mol. The molecule has 3 nitrogen and oxygen atoms in total. The molecule has 0 bridgehead atoms. The largest absolute Gasteiger partial charge is 0.352 e. The highest BCUT2D eigenvalue weighted by atomic mass is 16.2. The molecule has 1 amide bonds. The van der Waals surface area contributed by atoms with Crippen LogP contribution in [-0.2, 0) is 4.79 Å². The summed E-state index contributed by atoms with van der Waals surface area (Å²) < 4.78 is 0. The van der Waals surface area contributed by atoms with Gasteiger partial charge in [-0.3, -0.25) is 4.79 Å². The Hall–Kier alpha value is -0.570. The van der Waals surface area contributed by atoms with Gasteiger partial charge in [0.1, 0.15) is 0 Å². The molecule has 0 heterocycles. The third-order valence-corrected chi connectivity index (χ3v) is 2.23. The maximum Gasteiger partial charge on any atom is 0.240 e. The Labute approximate surface area is 67.3 Å². The summed E-state index contributed by atoms with van der Waals surface area (Å²) in [5, 5.41) is 2.87. The van der Waals surface area contributed by atoms with Crippen molar-refractivity contribution in [3.8, 4) is 0 Å².